The van der Waals surface area contributed by atoms with Gasteiger partial charge in [0.15, 0.2) is 0 Å². The number of thiophene rings is 1. The molecule has 0 spiro atoms. The third-order valence-corrected chi connectivity index (χ3v) is 6.48. The van der Waals surface area contributed by atoms with Gasteiger partial charge in [0, 0.05) is 11.4 Å². The third kappa shape index (κ3) is 5.12. The van der Waals surface area contributed by atoms with Crippen molar-refractivity contribution in [3.8, 4) is 10.8 Å². The quantitative estimate of drug-likeness (QED) is 0.588. The molecule has 0 bridgehead atoms. The summed E-state index contributed by atoms with van der Waals surface area (Å²) in [7, 11) is 0. The Morgan fingerprint density at radius 2 is 2.03 bits per heavy atom. The number of halogens is 1. The average Bonchev–Trinajstić information content (AvgIpc) is 3.39. The van der Waals surface area contributed by atoms with E-state index in [2.05, 4.69) is 21.6 Å². The molecule has 30 heavy (non-hydrogen) atoms. The van der Waals surface area contributed by atoms with Gasteiger partial charge in [-0.25, -0.2) is 4.39 Å². The van der Waals surface area contributed by atoms with E-state index in [9.17, 15) is 9.18 Å². The van der Waals surface area contributed by atoms with Crippen LogP contribution in [-0.4, -0.2) is 34.1 Å². The van der Waals surface area contributed by atoms with Crippen molar-refractivity contribution in [2.24, 2.45) is 0 Å². The second-order valence-corrected chi connectivity index (χ2v) is 8.61. The molecule has 4 rings (SSSR count). The smallest absolute Gasteiger partial charge is 0.257 e. The molecule has 2 heterocycles. The van der Waals surface area contributed by atoms with E-state index in [0.29, 0.717) is 31.4 Å². The fourth-order valence-corrected chi connectivity index (χ4v) is 4.72. The minimum Gasteiger partial charge on any atom is -0.419 e. The van der Waals surface area contributed by atoms with E-state index < -0.39 is 0 Å². The number of amides is 1. The number of fused-ring (bicyclic) bond motifs is 1. The fourth-order valence-electron chi connectivity index (χ4n) is 3.55. The average molecular weight is 429 g/mol. The number of rotatable bonds is 8. The molecule has 8 heteroatoms. The van der Waals surface area contributed by atoms with Crippen LogP contribution in [0, 0.1) is 5.82 Å². The van der Waals surface area contributed by atoms with Gasteiger partial charge < -0.3 is 9.73 Å². The summed E-state index contributed by atoms with van der Waals surface area (Å²) in [6.45, 7) is 3.67. The second-order valence-electron chi connectivity index (χ2n) is 7.47. The summed E-state index contributed by atoms with van der Waals surface area (Å²) in [5.74, 6) is 0.668. The number of hydrogen-bond acceptors (Lipinski definition) is 6. The van der Waals surface area contributed by atoms with Gasteiger partial charge in [-0.1, -0.05) is 19.1 Å². The fraction of sp³-hybridized carbons (Fsp3) is 0.409. The first-order chi connectivity index (χ1) is 14.6. The van der Waals surface area contributed by atoms with E-state index >= 15 is 0 Å². The van der Waals surface area contributed by atoms with Crippen molar-refractivity contribution in [3.63, 3.8) is 0 Å². The summed E-state index contributed by atoms with van der Waals surface area (Å²) in [4.78, 5) is 16.7. The lowest BCUT2D eigenvalue weighted by atomic mass is 9.99. The first kappa shape index (κ1) is 20.7. The molecular weight excluding hydrogens is 403 g/mol. The molecule has 0 aliphatic heterocycles. The Morgan fingerprint density at radius 3 is 2.80 bits per heavy atom. The summed E-state index contributed by atoms with van der Waals surface area (Å²) < 4.78 is 18.8. The highest BCUT2D eigenvalue weighted by Gasteiger charge is 2.19. The van der Waals surface area contributed by atoms with Gasteiger partial charge in [-0.2, -0.15) is 0 Å². The minimum absolute atomic E-state index is 0.105. The molecule has 0 fully saturated rings. The molecule has 0 saturated heterocycles. The van der Waals surface area contributed by atoms with Gasteiger partial charge in [0.2, 0.25) is 11.8 Å². The SMILES string of the molecule is CCN(CC(=O)NCc1ccc(F)cc1)Cc1nnc(-c2cc3c(s2)CCCC3)o1. The van der Waals surface area contributed by atoms with E-state index in [1.165, 1.54) is 35.4 Å². The standard InChI is InChI=1S/C22H25FN4O2S/c1-2-27(13-20(28)24-12-15-7-9-17(23)10-8-15)14-21-25-26-22(29-21)19-11-16-5-3-4-6-18(16)30-19/h7-11H,2-6,12-14H2,1H3,(H,24,28). The van der Waals surface area contributed by atoms with E-state index in [1.807, 2.05) is 11.8 Å². The predicted molar refractivity (Wildman–Crippen MR) is 113 cm³/mol. The summed E-state index contributed by atoms with van der Waals surface area (Å²) in [6.07, 6.45) is 4.75. The molecular formula is C22H25FN4O2S. The van der Waals surface area contributed by atoms with Crippen molar-refractivity contribution in [3.05, 3.63) is 58.0 Å². The van der Waals surface area contributed by atoms with Crippen LogP contribution in [0.15, 0.2) is 34.7 Å². The van der Waals surface area contributed by atoms with Gasteiger partial charge in [-0.15, -0.1) is 21.5 Å². The maximum Gasteiger partial charge on any atom is 0.257 e. The summed E-state index contributed by atoms with van der Waals surface area (Å²) in [6, 6.07) is 8.27. The van der Waals surface area contributed by atoms with Crippen LogP contribution in [0.4, 0.5) is 4.39 Å². The van der Waals surface area contributed by atoms with Crippen LogP contribution in [0.3, 0.4) is 0 Å². The van der Waals surface area contributed by atoms with Gasteiger partial charge in [0.25, 0.3) is 5.89 Å². The highest BCUT2D eigenvalue weighted by Crippen LogP contribution is 2.35. The molecule has 2 aromatic heterocycles. The number of hydrogen-bond donors (Lipinski definition) is 1. The normalized spacial score (nSPS) is 13.4. The van der Waals surface area contributed by atoms with Crippen molar-refractivity contribution in [1.29, 1.82) is 0 Å². The van der Waals surface area contributed by atoms with Gasteiger partial charge in [0.05, 0.1) is 18.0 Å². The molecule has 0 atom stereocenters. The molecule has 1 amide bonds. The number of aromatic nitrogens is 2. The Kier molecular flexibility index (Phi) is 6.54. The van der Waals surface area contributed by atoms with Crippen LogP contribution in [0.5, 0.6) is 0 Å². The van der Waals surface area contributed by atoms with E-state index in [-0.39, 0.29) is 18.3 Å². The number of nitrogens with zero attached hydrogens (tertiary/aromatic N) is 3. The van der Waals surface area contributed by atoms with Gasteiger partial charge >= 0.3 is 0 Å². The molecule has 0 radical (unpaired) electrons. The molecule has 1 aromatic carbocycles. The van der Waals surface area contributed by atoms with Crippen LogP contribution < -0.4 is 5.32 Å². The van der Waals surface area contributed by atoms with E-state index in [1.54, 1.807) is 23.5 Å². The summed E-state index contributed by atoms with van der Waals surface area (Å²) in [5.41, 5.74) is 2.27. The zero-order valence-electron chi connectivity index (χ0n) is 17.0. The summed E-state index contributed by atoms with van der Waals surface area (Å²) in [5, 5.41) is 11.3. The lowest BCUT2D eigenvalue weighted by molar-refractivity contribution is -0.122. The van der Waals surface area contributed by atoms with Crippen LogP contribution in [-0.2, 0) is 30.7 Å². The predicted octanol–water partition coefficient (Wildman–Crippen LogP) is 3.95. The number of carbonyl (C=O) groups is 1. The minimum atomic E-state index is -0.288. The van der Waals surface area contributed by atoms with Crippen molar-refractivity contribution >= 4 is 17.2 Å². The monoisotopic (exact) mass is 428 g/mol. The first-order valence-corrected chi connectivity index (χ1v) is 11.1. The highest BCUT2D eigenvalue weighted by atomic mass is 32.1. The van der Waals surface area contributed by atoms with Gasteiger partial charge in [-0.05, 0) is 61.6 Å². The van der Waals surface area contributed by atoms with Crippen LogP contribution in [0.25, 0.3) is 10.8 Å². The van der Waals surface area contributed by atoms with Crippen LogP contribution >= 0.6 is 11.3 Å². The molecule has 0 unspecified atom stereocenters. The third-order valence-electron chi connectivity index (χ3n) is 5.25. The Bertz CT molecular complexity index is 975. The van der Waals surface area contributed by atoms with Crippen LogP contribution in [0.1, 0.15) is 41.7 Å². The van der Waals surface area contributed by atoms with Gasteiger partial charge in [-0.3, -0.25) is 9.69 Å². The Balaban J connectivity index is 1.31. The van der Waals surface area contributed by atoms with Crippen molar-refractivity contribution in [2.45, 2.75) is 45.7 Å². The van der Waals surface area contributed by atoms with Crippen molar-refractivity contribution in [2.75, 3.05) is 13.1 Å². The van der Waals surface area contributed by atoms with Crippen molar-refractivity contribution < 1.29 is 13.6 Å². The topological polar surface area (TPSA) is 71.3 Å². The number of likely N-dealkylation sites (N-methyl/N-ethyl adjacent to an activating group) is 1. The lowest BCUT2D eigenvalue weighted by Gasteiger charge is -2.17. The summed E-state index contributed by atoms with van der Waals surface area (Å²) >= 11 is 1.74. The molecule has 1 N–H and O–H groups in total. The Labute approximate surface area is 179 Å². The molecule has 1 aliphatic carbocycles. The molecule has 1 aliphatic rings. The second kappa shape index (κ2) is 9.49. The van der Waals surface area contributed by atoms with Crippen LogP contribution in [0.2, 0.25) is 0 Å². The van der Waals surface area contributed by atoms with E-state index in [0.717, 1.165) is 23.3 Å². The molecule has 3 aromatic rings. The molecule has 6 nitrogen and oxygen atoms in total. The Hall–Kier alpha value is -2.58. The van der Waals surface area contributed by atoms with E-state index in [4.69, 9.17) is 4.42 Å². The molecule has 158 valence electrons. The maximum absolute atomic E-state index is 13.0. The Morgan fingerprint density at radius 1 is 1.23 bits per heavy atom. The molecule has 0 saturated carbocycles. The number of aryl methyl sites for hydroxylation is 2. The zero-order chi connectivity index (χ0) is 20.9. The lowest BCUT2D eigenvalue weighted by Crippen LogP contribution is -2.36. The first-order valence-electron chi connectivity index (χ1n) is 10.3. The van der Waals surface area contributed by atoms with Gasteiger partial charge in [0.1, 0.15) is 5.82 Å². The maximum atomic E-state index is 13.0. The largest absolute Gasteiger partial charge is 0.419 e. The van der Waals surface area contributed by atoms with Crippen molar-refractivity contribution in [1.82, 2.24) is 20.4 Å². The number of carbonyl (C=O) groups excluding carboxylic acids is 1. The number of benzene rings is 1. The number of nitrogens with one attached hydrogen (secondary N) is 1. The highest BCUT2D eigenvalue weighted by molar-refractivity contribution is 7.15. The zero-order valence-corrected chi connectivity index (χ0v) is 17.8.